The fourth-order valence-corrected chi connectivity index (χ4v) is 8.15. The van der Waals surface area contributed by atoms with Crippen LogP contribution in [0.4, 0.5) is 14.4 Å². The molecule has 0 saturated carbocycles. The van der Waals surface area contributed by atoms with Crippen molar-refractivity contribution >= 4 is 18.3 Å². The van der Waals surface area contributed by atoms with Gasteiger partial charge >= 0.3 is 18.3 Å². The van der Waals surface area contributed by atoms with Crippen LogP contribution in [0, 0.1) is 0 Å². The van der Waals surface area contributed by atoms with E-state index in [1.807, 2.05) is 65.0 Å². The van der Waals surface area contributed by atoms with Crippen molar-refractivity contribution in [1.29, 1.82) is 0 Å². The molecule has 7 rings (SSSR count). The number of ether oxygens (including phenoxy) is 9. The highest BCUT2D eigenvalue weighted by atomic mass is 16.9. The Labute approximate surface area is 341 Å². The maximum Gasteiger partial charge on any atom is 0.407 e. The largest absolute Gasteiger partial charge is 0.445 e. The molecular formula is C40H64N6O12. The molecule has 0 unspecified atom stereocenters. The van der Waals surface area contributed by atoms with E-state index in [0.29, 0.717) is 13.1 Å². The zero-order valence-electron chi connectivity index (χ0n) is 35.2. The molecule has 0 aliphatic carbocycles. The van der Waals surface area contributed by atoms with Crippen LogP contribution in [0.5, 0.6) is 0 Å². The molecule has 1 aromatic carbocycles. The van der Waals surface area contributed by atoms with E-state index >= 15 is 0 Å². The predicted octanol–water partition coefficient (Wildman–Crippen LogP) is 2.77. The number of benzene rings is 1. The van der Waals surface area contributed by atoms with Gasteiger partial charge in [0.05, 0.1) is 0 Å². The standard InChI is InChI=1S/C24H35N3O7.C16H29N3O5/c1-23(2)33-19-18(32-21(28)25-4)17(31-20(19)34-23)14-27-12-10-24(3,11-13-27)26-22(29)30-15-16-8-6-5-7-9-16;1-15(2)23-12-11(22-14(20)18-4)10(21-13(12)24-15)9-19-7-5-16(3,17)6-8-19/h5-9,17-20H,10-15H2,1-4H3,(H,25,28)(H,26,29);10-13H,5-9,17H2,1-4H3,(H,18,20)/t17-,18+,19-,20-;10-,11+,12-,13-/m11/s1. The van der Waals surface area contributed by atoms with Gasteiger partial charge in [0.15, 0.2) is 48.6 Å². The Balaban J connectivity index is 0.000000208. The number of carbonyl (C=O) groups excluding carboxylic acids is 3. The third kappa shape index (κ3) is 11.5. The van der Waals surface area contributed by atoms with Crippen LogP contribution in [0.2, 0.25) is 0 Å². The van der Waals surface area contributed by atoms with E-state index in [2.05, 4.69) is 32.7 Å². The molecule has 58 heavy (non-hydrogen) atoms. The Bertz CT molecular complexity index is 1550. The Morgan fingerprint density at radius 3 is 1.59 bits per heavy atom. The van der Waals surface area contributed by atoms with Crippen LogP contribution in [-0.4, -0.2) is 153 Å². The summed E-state index contributed by atoms with van der Waals surface area (Å²) in [6, 6.07) is 9.60. The van der Waals surface area contributed by atoms with Crippen molar-refractivity contribution in [1.82, 2.24) is 25.8 Å². The molecule has 326 valence electrons. The highest BCUT2D eigenvalue weighted by Crippen LogP contribution is 2.41. The lowest BCUT2D eigenvalue weighted by molar-refractivity contribution is -0.217. The minimum Gasteiger partial charge on any atom is -0.445 e. The number of alkyl carbamates (subject to hydrolysis) is 3. The SMILES string of the molecule is CNC(=O)O[C@@H]1[C@H]2OC(C)(C)O[C@H]2O[C@@H]1CN1CCC(C)(N)CC1.CNC(=O)O[C@@H]1[C@H]2OC(C)(C)O[C@H]2O[C@@H]1CN1CCC(C)(NC(=O)OCc2ccccc2)CC1. The molecule has 6 saturated heterocycles. The van der Waals surface area contributed by atoms with Crippen molar-refractivity contribution in [2.45, 2.75) is 146 Å². The van der Waals surface area contributed by atoms with Gasteiger partial charge in [-0.15, -0.1) is 0 Å². The summed E-state index contributed by atoms with van der Waals surface area (Å²) in [5, 5.41) is 8.00. The quantitative estimate of drug-likeness (QED) is 0.265. The van der Waals surface area contributed by atoms with Crippen molar-refractivity contribution in [3.05, 3.63) is 35.9 Å². The number of hydrogen-bond donors (Lipinski definition) is 4. The molecule has 6 heterocycles. The summed E-state index contributed by atoms with van der Waals surface area (Å²) >= 11 is 0. The second-order valence-electron chi connectivity index (χ2n) is 17.5. The van der Waals surface area contributed by atoms with Gasteiger partial charge in [0, 0.05) is 51.4 Å². The summed E-state index contributed by atoms with van der Waals surface area (Å²) in [6.07, 6.45) is -1.75. The second kappa shape index (κ2) is 18.1. The first-order valence-corrected chi connectivity index (χ1v) is 20.4. The Morgan fingerprint density at radius 2 is 1.14 bits per heavy atom. The van der Waals surface area contributed by atoms with Gasteiger partial charge in [0.25, 0.3) is 0 Å². The molecule has 0 spiro atoms. The third-order valence-electron chi connectivity index (χ3n) is 11.5. The predicted molar refractivity (Wildman–Crippen MR) is 208 cm³/mol. The van der Waals surface area contributed by atoms with E-state index in [-0.39, 0.29) is 29.9 Å². The Kier molecular flexibility index (Phi) is 13.8. The zero-order valence-corrected chi connectivity index (χ0v) is 35.2. The lowest BCUT2D eigenvalue weighted by Gasteiger charge is -2.40. The summed E-state index contributed by atoms with van der Waals surface area (Å²) in [5.41, 5.74) is 6.68. The van der Waals surface area contributed by atoms with Gasteiger partial charge in [-0.1, -0.05) is 30.3 Å². The van der Waals surface area contributed by atoms with Gasteiger partial charge in [0.1, 0.15) is 18.8 Å². The van der Waals surface area contributed by atoms with Crippen molar-refractivity contribution in [2.75, 3.05) is 53.4 Å². The van der Waals surface area contributed by atoms with E-state index in [9.17, 15) is 14.4 Å². The number of nitrogens with zero attached hydrogens (tertiary/aromatic N) is 2. The van der Waals surface area contributed by atoms with Crippen LogP contribution in [-0.2, 0) is 49.2 Å². The van der Waals surface area contributed by atoms with E-state index in [4.69, 9.17) is 48.4 Å². The number of amides is 3. The van der Waals surface area contributed by atoms with Crippen molar-refractivity contribution in [2.24, 2.45) is 5.73 Å². The Hall–Kier alpha value is -3.33. The van der Waals surface area contributed by atoms with Crippen LogP contribution in [0.3, 0.4) is 0 Å². The summed E-state index contributed by atoms with van der Waals surface area (Å²) in [6.45, 7) is 16.2. The monoisotopic (exact) mass is 820 g/mol. The molecule has 3 amide bonds. The lowest BCUT2D eigenvalue weighted by Crippen LogP contribution is -2.55. The summed E-state index contributed by atoms with van der Waals surface area (Å²) < 4.78 is 52.1. The number of fused-ring (bicyclic) bond motifs is 2. The maximum atomic E-state index is 12.3. The zero-order chi connectivity index (χ0) is 41.9. The van der Waals surface area contributed by atoms with Crippen LogP contribution in [0.15, 0.2) is 30.3 Å². The highest BCUT2D eigenvalue weighted by Gasteiger charge is 2.58. The smallest absolute Gasteiger partial charge is 0.407 e. The van der Waals surface area contributed by atoms with Crippen LogP contribution >= 0.6 is 0 Å². The molecule has 18 heteroatoms. The first kappa shape index (κ1) is 44.2. The number of piperidine rings is 2. The summed E-state index contributed by atoms with van der Waals surface area (Å²) in [5.74, 6) is -1.53. The molecule has 1 aromatic rings. The van der Waals surface area contributed by atoms with E-state index in [1.54, 1.807) is 0 Å². The average Bonchev–Trinajstić information content (AvgIpc) is 3.84. The van der Waals surface area contributed by atoms with Crippen molar-refractivity contribution in [3.63, 3.8) is 0 Å². The molecule has 6 aliphatic heterocycles. The van der Waals surface area contributed by atoms with Gasteiger partial charge < -0.3 is 74.1 Å². The highest BCUT2D eigenvalue weighted by molar-refractivity contribution is 5.68. The number of hydrogen-bond acceptors (Lipinski definition) is 15. The summed E-state index contributed by atoms with van der Waals surface area (Å²) in [4.78, 5) is 40.5. The molecule has 6 fully saturated rings. The molecule has 8 atom stereocenters. The van der Waals surface area contributed by atoms with Crippen LogP contribution in [0.25, 0.3) is 0 Å². The van der Waals surface area contributed by atoms with Crippen molar-refractivity contribution < 1.29 is 57.0 Å². The first-order chi connectivity index (χ1) is 27.4. The van der Waals surface area contributed by atoms with Crippen LogP contribution < -0.4 is 21.7 Å². The normalized spacial score (nSPS) is 33.1. The fraction of sp³-hybridized carbons (Fsp3) is 0.775. The molecular weight excluding hydrogens is 756 g/mol. The third-order valence-corrected chi connectivity index (χ3v) is 11.5. The second-order valence-corrected chi connectivity index (χ2v) is 17.5. The number of likely N-dealkylation sites (tertiary alicyclic amines) is 2. The van der Waals surface area contributed by atoms with E-state index < -0.39 is 66.8 Å². The molecule has 6 aliphatic rings. The minimum absolute atomic E-state index is 0.0994. The number of nitrogens with two attached hydrogens (primary N) is 1. The lowest BCUT2D eigenvalue weighted by atomic mass is 9.89. The summed E-state index contributed by atoms with van der Waals surface area (Å²) in [7, 11) is 3.05. The number of nitrogens with one attached hydrogen (secondary N) is 3. The number of carbonyl (C=O) groups is 3. The van der Waals surface area contributed by atoms with Gasteiger partial charge in [-0.3, -0.25) is 0 Å². The topological polar surface area (TPSA) is 203 Å². The van der Waals surface area contributed by atoms with Gasteiger partial charge in [-0.2, -0.15) is 0 Å². The van der Waals surface area contributed by atoms with Gasteiger partial charge in [-0.25, -0.2) is 14.4 Å². The molecule has 0 radical (unpaired) electrons. The molecule has 0 aromatic heterocycles. The van der Waals surface area contributed by atoms with Gasteiger partial charge in [0.2, 0.25) is 0 Å². The first-order valence-electron chi connectivity index (χ1n) is 20.4. The molecule has 0 bridgehead atoms. The minimum atomic E-state index is -0.793. The van der Waals surface area contributed by atoms with Crippen LogP contribution in [0.1, 0.15) is 72.8 Å². The van der Waals surface area contributed by atoms with Gasteiger partial charge in [-0.05, 0) is 85.9 Å². The fourth-order valence-electron chi connectivity index (χ4n) is 8.15. The van der Waals surface area contributed by atoms with E-state index in [1.165, 1.54) is 14.1 Å². The Morgan fingerprint density at radius 1 is 0.690 bits per heavy atom. The van der Waals surface area contributed by atoms with E-state index in [0.717, 1.165) is 57.4 Å². The molecule has 5 N–H and O–H groups in total. The average molecular weight is 821 g/mol. The number of rotatable bonds is 9. The maximum absolute atomic E-state index is 12.3. The van der Waals surface area contributed by atoms with Crippen molar-refractivity contribution in [3.8, 4) is 0 Å². The molecule has 18 nitrogen and oxygen atoms in total.